The molecule has 0 atom stereocenters. The van der Waals surface area contributed by atoms with E-state index in [1.54, 1.807) is 7.11 Å². The molecule has 0 N–H and O–H groups in total. The minimum Gasteiger partial charge on any atom is -0.496 e. The van der Waals surface area contributed by atoms with Crippen molar-refractivity contribution in [2.75, 3.05) is 7.11 Å². The summed E-state index contributed by atoms with van der Waals surface area (Å²) in [6.07, 6.45) is 0.200. The van der Waals surface area contributed by atoms with Gasteiger partial charge in [-0.15, -0.1) is 0 Å². The van der Waals surface area contributed by atoms with Crippen LogP contribution in [-0.4, -0.2) is 13.2 Å². The fourth-order valence-electron chi connectivity index (χ4n) is 1.20. The summed E-state index contributed by atoms with van der Waals surface area (Å²) in [5.41, 5.74) is 1.05. The van der Waals surface area contributed by atoms with Crippen LogP contribution in [0.25, 0.3) is 0 Å². The Balaban J connectivity index is 0.000000921. The van der Waals surface area contributed by atoms with Crippen molar-refractivity contribution < 1.29 is 9.47 Å². The monoisotopic (exact) mass is 210 g/mol. The Bertz CT molecular complexity index is 280. The lowest BCUT2D eigenvalue weighted by Crippen LogP contribution is -2.06. The number of benzene rings is 1. The highest BCUT2D eigenvalue weighted by Crippen LogP contribution is 2.27. The molecule has 0 heterocycles. The molecular weight excluding hydrogens is 188 g/mol. The van der Waals surface area contributed by atoms with Crippen molar-refractivity contribution in [1.82, 2.24) is 0 Å². The quantitative estimate of drug-likeness (QED) is 0.755. The van der Waals surface area contributed by atoms with Gasteiger partial charge in [-0.25, -0.2) is 0 Å². The van der Waals surface area contributed by atoms with E-state index in [1.807, 2.05) is 52.8 Å². The van der Waals surface area contributed by atoms with E-state index in [1.165, 1.54) is 0 Å². The molecule has 2 nitrogen and oxygen atoms in total. The van der Waals surface area contributed by atoms with Gasteiger partial charge in [-0.3, -0.25) is 0 Å². The van der Waals surface area contributed by atoms with Crippen molar-refractivity contribution in [1.29, 1.82) is 0 Å². The van der Waals surface area contributed by atoms with E-state index in [9.17, 15) is 0 Å². The average Bonchev–Trinajstić information content (AvgIpc) is 2.23. The largest absolute Gasteiger partial charge is 0.496 e. The zero-order valence-corrected chi connectivity index (χ0v) is 10.6. The van der Waals surface area contributed by atoms with E-state index in [0.29, 0.717) is 0 Å². The Morgan fingerprint density at radius 2 is 1.60 bits per heavy atom. The molecule has 0 aliphatic carbocycles. The average molecular weight is 210 g/mol. The number of hydrogen-bond donors (Lipinski definition) is 0. The molecule has 15 heavy (non-hydrogen) atoms. The van der Waals surface area contributed by atoms with Crippen molar-refractivity contribution in [3.63, 3.8) is 0 Å². The maximum absolute atomic E-state index is 5.61. The van der Waals surface area contributed by atoms with Gasteiger partial charge in [-0.05, 0) is 32.9 Å². The molecule has 0 unspecified atom stereocenters. The van der Waals surface area contributed by atoms with E-state index in [-0.39, 0.29) is 6.10 Å². The summed E-state index contributed by atoms with van der Waals surface area (Å²) >= 11 is 0. The molecule has 86 valence electrons. The highest BCUT2D eigenvalue weighted by Gasteiger charge is 2.05. The predicted molar refractivity (Wildman–Crippen MR) is 64.8 cm³/mol. The maximum atomic E-state index is 5.61. The first-order valence-electron chi connectivity index (χ1n) is 5.45. The Kier molecular flexibility index (Phi) is 6.59. The minimum atomic E-state index is 0.200. The summed E-state index contributed by atoms with van der Waals surface area (Å²) in [7, 11) is 1.67. The third-order valence-electron chi connectivity index (χ3n) is 1.82. The molecule has 1 rings (SSSR count). The van der Waals surface area contributed by atoms with Crippen molar-refractivity contribution >= 4 is 0 Å². The van der Waals surface area contributed by atoms with Crippen LogP contribution in [0.3, 0.4) is 0 Å². The van der Waals surface area contributed by atoms with Crippen molar-refractivity contribution in [2.24, 2.45) is 0 Å². The van der Waals surface area contributed by atoms with Gasteiger partial charge in [0, 0.05) is 5.56 Å². The van der Waals surface area contributed by atoms with Crippen molar-refractivity contribution in [3.05, 3.63) is 23.8 Å². The zero-order chi connectivity index (χ0) is 11.8. The van der Waals surface area contributed by atoms with Gasteiger partial charge in [0.1, 0.15) is 11.5 Å². The van der Waals surface area contributed by atoms with Gasteiger partial charge in [0.05, 0.1) is 13.2 Å². The first kappa shape index (κ1) is 13.8. The van der Waals surface area contributed by atoms with Gasteiger partial charge in [-0.1, -0.05) is 19.9 Å². The second-order valence-corrected chi connectivity index (χ2v) is 3.25. The Morgan fingerprint density at radius 3 is 2.07 bits per heavy atom. The van der Waals surface area contributed by atoms with Gasteiger partial charge in [0.2, 0.25) is 0 Å². The Labute approximate surface area is 93.2 Å². The molecule has 0 bridgehead atoms. The minimum absolute atomic E-state index is 0.200. The van der Waals surface area contributed by atoms with E-state index in [0.717, 1.165) is 17.1 Å². The summed E-state index contributed by atoms with van der Waals surface area (Å²) < 4.78 is 10.8. The molecule has 0 radical (unpaired) electrons. The topological polar surface area (TPSA) is 18.5 Å². The summed E-state index contributed by atoms with van der Waals surface area (Å²) in [4.78, 5) is 0. The number of hydrogen-bond acceptors (Lipinski definition) is 2. The van der Waals surface area contributed by atoms with Gasteiger partial charge in [0.15, 0.2) is 0 Å². The molecule has 0 fully saturated rings. The molecule has 1 aromatic carbocycles. The molecule has 0 amide bonds. The lowest BCUT2D eigenvalue weighted by molar-refractivity contribution is 0.239. The number of rotatable bonds is 3. The number of methoxy groups -OCH3 is 1. The fraction of sp³-hybridized carbons (Fsp3) is 0.538. The van der Waals surface area contributed by atoms with Gasteiger partial charge < -0.3 is 9.47 Å². The lowest BCUT2D eigenvalue weighted by atomic mass is 10.2. The standard InChI is InChI=1S/C11H16O2.C2H6/c1-8(2)13-11-7-5-6-10(12-4)9(11)3;1-2/h5-8H,1-4H3;1-2H3. The van der Waals surface area contributed by atoms with E-state index in [4.69, 9.17) is 9.47 Å². The molecule has 0 spiro atoms. The van der Waals surface area contributed by atoms with Crippen LogP contribution in [0.5, 0.6) is 11.5 Å². The predicted octanol–water partition coefficient (Wildman–Crippen LogP) is 3.82. The summed E-state index contributed by atoms with van der Waals surface area (Å²) in [6, 6.07) is 5.82. The zero-order valence-electron chi connectivity index (χ0n) is 10.6. The van der Waals surface area contributed by atoms with Crippen LogP contribution in [-0.2, 0) is 0 Å². The normalized spacial score (nSPS) is 9.27. The van der Waals surface area contributed by atoms with Crippen LogP contribution < -0.4 is 9.47 Å². The fourth-order valence-corrected chi connectivity index (χ4v) is 1.20. The van der Waals surface area contributed by atoms with Crippen molar-refractivity contribution in [3.8, 4) is 11.5 Å². The second-order valence-electron chi connectivity index (χ2n) is 3.25. The van der Waals surface area contributed by atoms with E-state index >= 15 is 0 Å². The van der Waals surface area contributed by atoms with Crippen LogP contribution in [0.1, 0.15) is 33.3 Å². The molecular formula is C13H22O2. The SMILES string of the molecule is CC.COc1cccc(OC(C)C)c1C. The van der Waals surface area contributed by atoms with Crippen LogP contribution in [0.2, 0.25) is 0 Å². The third-order valence-corrected chi connectivity index (χ3v) is 1.82. The summed E-state index contributed by atoms with van der Waals surface area (Å²) in [5.74, 6) is 1.77. The first-order chi connectivity index (χ1) is 7.15. The molecule has 0 aliphatic rings. The number of ether oxygens (including phenoxy) is 2. The lowest BCUT2D eigenvalue weighted by Gasteiger charge is -2.14. The second kappa shape index (κ2) is 7.16. The molecule has 2 heteroatoms. The van der Waals surface area contributed by atoms with Crippen LogP contribution in [0.4, 0.5) is 0 Å². The Morgan fingerprint density at radius 1 is 1.07 bits per heavy atom. The highest BCUT2D eigenvalue weighted by molar-refractivity contribution is 5.43. The Hall–Kier alpha value is -1.18. The van der Waals surface area contributed by atoms with E-state index < -0.39 is 0 Å². The molecule has 0 saturated carbocycles. The summed E-state index contributed by atoms with van der Waals surface area (Å²) in [5, 5.41) is 0. The smallest absolute Gasteiger partial charge is 0.126 e. The molecule has 0 aliphatic heterocycles. The molecule has 1 aromatic rings. The van der Waals surface area contributed by atoms with Crippen LogP contribution in [0, 0.1) is 6.92 Å². The molecule has 0 saturated heterocycles. The molecule has 0 aromatic heterocycles. The first-order valence-corrected chi connectivity index (χ1v) is 5.45. The van der Waals surface area contributed by atoms with Crippen LogP contribution >= 0.6 is 0 Å². The third kappa shape index (κ3) is 4.24. The van der Waals surface area contributed by atoms with Crippen LogP contribution in [0.15, 0.2) is 18.2 Å². The van der Waals surface area contributed by atoms with Gasteiger partial charge >= 0.3 is 0 Å². The van der Waals surface area contributed by atoms with Gasteiger partial charge in [-0.2, -0.15) is 0 Å². The van der Waals surface area contributed by atoms with Crippen molar-refractivity contribution in [2.45, 2.75) is 40.7 Å². The highest BCUT2D eigenvalue weighted by atomic mass is 16.5. The maximum Gasteiger partial charge on any atom is 0.126 e. The van der Waals surface area contributed by atoms with Gasteiger partial charge in [0.25, 0.3) is 0 Å². The summed E-state index contributed by atoms with van der Waals surface area (Å²) in [6.45, 7) is 10.0. The van der Waals surface area contributed by atoms with E-state index in [2.05, 4.69) is 0 Å².